The minimum Gasteiger partial charge on any atom is -0.459 e. The zero-order valence-electron chi connectivity index (χ0n) is 15.9. The molecular formula is C22H22N2O3S. The minimum absolute atomic E-state index is 0.0340. The van der Waals surface area contributed by atoms with Gasteiger partial charge in [0, 0.05) is 6.54 Å². The maximum atomic E-state index is 13.3. The molecule has 0 spiro atoms. The van der Waals surface area contributed by atoms with Crippen molar-refractivity contribution in [1.29, 1.82) is 0 Å². The van der Waals surface area contributed by atoms with Crippen molar-refractivity contribution in [2.45, 2.75) is 32.7 Å². The number of carbonyl (C=O) groups excluding carboxylic acids is 2. The first kappa shape index (κ1) is 18.5. The minimum atomic E-state index is -0.316. The van der Waals surface area contributed by atoms with Gasteiger partial charge in [0.15, 0.2) is 5.76 Å². The normalized spacial score (nSPS) is 16.4. The van der Waals surface area contributed by atoms with Crippen LogP contribution < -0.4 is 5.32 Å². The Kier molecular flexibility index (Phi) is 5.05. The average molecular weight is 394 g/mol. The van der Waals surface area contributed by atoms with Crippen molar-refractivity contribution in [2.75, 3.05) is 11.9 Å². The third-order valence-corrected chi connectivity index (χ3v) is 6.30. The van der Waals surface area contributed by atoms with Crippen molar-refractivity contribution in [1.82, 2.24) is 4.90 Å². The van der Waals surface area contributed by atoms with Crippen LogP contribution >= 0.6 is 11.3 Å². The van der Waals surface area contributed by atoms with E-state index in [1.165, 1.54) is 28.7 Å². The molecule has 6 heteroatoms. The molecule has 3 heterocycles. The van der Waals surface area contributed by atoms with Gasteiger partial charge in [-0.1, -0.05) is 24.3 Å². The number of rotatable bonds is 4. The Morgan fingerprint density at radius 2 is 1.96 bits per heavy atom. The molecule has 0 saturated carbocycles. The van der Waals surface area contributed by atoms with Gasteiger partial charge in [-0.05, 0) is 61.6 Å². The molecule has 5 nitrogen and oxygen atoms in total. The van der Waals surface area contributed by atoms with Crippen LogP contribution in [0.3, 0.4) is 0 Å². The molecule has 28 heavy (non-hydrogen) atoms. The number of likely N-dealkylation sites (tertiary alicyclic amines) is 1. The summed E-state index contributed by atoms with van der Waals surface area (Å²) in [6.07, 6.45) is 3.43. The summed E-state index contributed by atoms with van der Waals surface area (Å²) >= 11 is 1.32. The van der Waals surface area contributed by atoms with Crippen LogP contribution in [0.5, 0.6) is 0 Å². The number of nitrogens with zero attached hydrogens (tertiary/aromatic N) is 1. The first-order valence-corrected chi connectivity index (χ1v) is 10.2. The molecule has 2 amide bonds. The van der Waals surface area contributed by atoms with Crippen molar-refractivity contribution in [2.24, 2.45) is 0 Å². The van der Waals surface area contributed by atoms with Gasteiger partial charge < -0.3 is 14.6 Å². The van der Waals surface area contributed by atoms with E-state index >= 15 is 0 Å². The predicted octanol–water partition coefficient (Wildman–Crippen LogP) is 5.19. The average Bonchev–Trinajstić information content (AvgIpc) is 3.42. The van der Waals surface area contributed by atoms with Crippen LogP contribution in [0.4, 0.5) is 5.00 Å². The van der Waals surface area contributed by atoms with Crippen LogP contribution in [0.25, 0.3) is 0 Å². The van der Waals surface area contributed by atoms with E-state index < -0.39 is 0 Å². The van der Waals surface area contributed by atoms with E-state index in [1.54, 1.807) is 12.1 Å². The van der Waals surface area contributed by atoms with Crippen molar-refractivity contribution < 1.29 is 14.0 Å². The Hall–Kier alpha value is -2.86. The smallest absolute Gasteiger partial charge is 0.291 e. The summed E-state index contributed by atoms with van der Waals surface area (Å²) in [5.74, 6) is -0.0333. The number of hydrogen-bond donors (Lipinski definition) is 1. The lowest BCUT2D eigenvalue weighted by atomic mass is 9.99. The van der Waals surface area contributed by atoms with Gasteiger partial charge in [0.1, 0.15) is 0 Å². The summed E-state index contributed by atoms with van der Waals surface area (Å²) in [7, 11) is 0. The highest BCUT2D eigenvalue weighted by atomic mass is 32.1. The van der Waals surface area contributed by atoms with Gasteiger partial charge in [0.05, 0.1) is 22.2 Å². The first-order chi connectivity index (χ1) is 13.5. The number of carbonyl (C=O) groups is 2. The fourth-order valence-corrected chi connectivity index (χ4v) is 4.79. The van der Waals surface area contributed by atoms with Crippen LogP contribution in [0.2, 0.25) is 0 Å². The zero-order valence-corrected chi connectivity index (χ0v) is 16.7. The number of benzene rings is 1. The van der Waals surface area contributed by atoms with Gasteiger partial charge in [-0.2, -0.15) is 0 Å². The number of hydrogen-bond acceptors (Lipinski definition) is 4. The topological polar surface area (TPSA) is 62.6 Å². The van der Waals surface area contributed by atoms with Gasteiger partial charge in [-0.3, -0.25) is 9.59 Å². The highest BCUT2D eigenvalue weighted by Gasteiger charge is 2.32. The van der Waals surface area contributed by atoms with Crippen LogP contribution in [0.15, 0.2) is 53.1 Å². The van der Waals surface area contributed by atoms with Crippen LogP contribution in [0.1, 0.15) is 55.8 Å². The molecular weight excluding hydrogens is 372 g/mol. The number of nitrogens with one attached hydrogen (secondary N) is 1. The van der Waals surface area contributed by atoms with Gasteiger partial charge in [0.25, 0.3) is 11.8 Å². The predicted molar refractivity (Wildman–Crippen MR) is 110 cm³/mol. The molecule has 1 fully saturated rings. The molecule has 144 valence electrons. The van der Waals surface area contributed by atoms with E-state index in [0.29, 0.717) is 9.88 Å². The van der Waals surface area contributed by atoms with Gasteiger partial charge in [-0.25, -0.2) is 0 Å². The molecule has 2 aromatic heterocycles. The van der Waals surface area contributed by atoms with Crippen LogP contribution in [-0.2, 0) is 0 Å². The standard InChI is InChI=1S/C22H22N2O3S/c1-14-7-3-4-8-16(14)17-9-5-11-24(17)22(26)20-15(2)13-19(28-20)23-21(25)18-10-6-12-27-18/h3-4,6-8,10,12-13,17H,5,9,11H2,1-2H3,(H,23,25). The van der Waals surface area contributed by atoms with Crippen molar-refractivity contribution in [3.05, 3.63) is 76.1 Å². The van der Waals surface area contributed by atoms with E-state index in [1.807, 2.05) is 30.0 Å². The lowest BCUT2D eigenvalue weighted by Crippen LogP contribution is -2.30. The number of thiophene rings is 1. The van der Waals surface area contributed by atoms with Crippen LogP contribution in [0, 0.1) is 13.8 Å². The highest BCUT2D eigenvalue weighted by Crippen LogP contribution is 2.37. The summed E-state index contributed by atoms with van der Waals surface area (Å²) in [6, 6.07) is 13.5. The van der Waals surface area contributed by atoms with E-state index in [9.17, 15) is 9.59 Å². The Morgan fingerprint density at radius 3 is 2.71 bits per heavy atom. The molecule has 1 saturated heterocycles. The molecule has 4 rings (SSSR count). The van der Waals surface area contributed by atoms with Crippen molar-refractivity contribution >= 4 is 28.2 Å². The van der Waals surface area contributed by atoms with Crippen LogP contribution in [-0.4, -0.2) is 23.3 Å². The van der Waals surface area contributed by atoms with Gasteiger partial charge >= 0.3 is 0 Å². The van der Waals surface area contributed by atoms with Gasteiger partial charge in [-0.15, -0.1) is 11.3 Å². The fraction of sp³-hybridized carbons (Fsp3) is 0.273. The molecule has 1 unspecified atom stereocenters. The third kappa shape index (κ3) is 3.47. The fourth-order valence-electron chi connectivity index (χ4n) is 3.76. The molecule has 3 aromatic rings. The maximum absolute atomic E-state index is 13.3. The second-order valence-corrected chi connectivity index (χ2v) is 8.12. The maximum Gasteiger partial charge on any atom is 0.291 e. The molecule has 1 aromatic carbocycles. The number of furan rings is 1. The Morgan fingerprint density at radius 1 is 1.14 bits per heavy atom. The lowest BCUT2D eigenvalue weighted by Gasteiger charge is -2.26. The van der Waals surface area contributed by atoms with E-state index in [2.05, 4.69) is 24.4 Å². The second kappa shape index (κ2) is 7.64. The molecule has 0 bridgehead atoms. The summed E-state index contributed by atoms with van der Waals surface area (Å²) in [6.45, 7) is 4.75. The Labute approximate surface area is 168 Å². The van der Waals surface area contributed by atoms with Gasteiger partial charge in [0.2, 0.25) is 0 Å². The second-order valence-electron chi connectivity index (χ2n) is 7.07. The molecule has 1 aliphatic heterocycles. The number of amides is 2. The summed E-state index contributed by atoms with van der Waals surface area (Å²) in [4.78, 5) is 28.1. The molecule has 1 N–H and O–H groups in total. The summed E-state index contributed by atoms with van der Waals surface area (Å²) in [5.41, 5.74) is 3.30. The van der Waals surface area contributed by atoms with E-state index in [-0.39, 0.29) is 23.6 Å². The first-order valence-electron chi connectivity index (χ1n) is 9.36. The number of aryl methyl sites for hydroxylation is 2. The molecule has 0 radical (unpaired) electrons. The van der Waals surface area contributed by atoms with Crippen molar-refractivity contribution in [3.8, 4) is 0 Å². The highest BCUT2D eigenvalue weighted by molar-refractivity contribution is 7.18. The van der Waals surface area contributed by atoms with E-state index in [4.69, 9.17) is 4.42 Å². The Bertz CT molecular complexity index is 1010. The Balaban J connectivity index is 1.55. The molecule has 1 aliphatic rings. The zero-order chi connectivity index (χ0) is 19.7. The lowest BCUT2D eigenvalue weighted by molar-refractivity contribution is 0.0739. The SMILES string of the molecule is Cc1ccccc1C1CCCN1C(=O)c1sc(NC(=O)c2ccco2)cc1C. The summed E-state index contributed by atoms with van der Waals surface area (Å²) < 4.78 is 5.12. The third-order valence-electron chi connectivity index (χ3n) is 5.15. The molecule has 1 atom stereocenters. The quantitative estimate of drug-likeness (QED) is 0.662. The van der Waals surface area contributed by atoms with E-state index in [0.717, 1.165) is 24.9 Å². The summed E-state index contributed by atoms with van der Waals surface area (Å²) in [5, 5.41) is 3.47. The number of anilines is 1. The monoisotopic (exact) mass is 394 g/mol. The molecule has 0 aliphatic carbocycles. The largest absolute Gasteiger partial charge is 0.459 e. The van der Waals surface area contributed by atoms with Crippen molar-refractivity contribution in [3.63, 3.8) is 0 Å².